The summed E-state index contributed by atoms with van der Waals surface area (Å²) in [6.07, 6.45) is 1.74. The van der Waals surface area contributed by atoms with Crippen molar-refractivity contribution in [1.29, 1.82) is 0 Å². The Morgan fingerprint density at radius 1 is 1.15 bits per heavy atom. The van der Waals surface area contributed by atoms with Crippen molar-refractivity contribution in [3.05, 3.63) is 70.0 Å². The van der Waals surface area contributed by atoms with Crippen LogP contribution in [0.3, 0.4) is 0 Å². The van der Waals surface area contributed by atoms with E-state index in [0.29, 0.717) is 12.5 Å². The molecule has 0 aliphatic heterocycles. The Labute approximate surface area is 124 Å². The average Bonchev–Trinajstić information content (AvgIpc) is 2.41. The third-order valence-electron chi connectivity index (χ3n) is 3.56. The van der Waals surface area contributed by atoms with E-state index in [1.165, 1.54) is 11.6 Å². The monoisotopic (exact) mass is 291 g/mol. The fourth-order valence-corrected chi connectivity index (χ4v) is 2.65. The highest BCUT2D eigenvalue weighted by Gasteiger charge is 2.11. The van der Waals surface area contributed by atoms with Crippen molar-refractivity contribution in [2.75, 3.05) is 6.54 Å². The lowest BCUT2D eigenvalue weighted by atomic mass is 9.91. The first-order chi connectivity index (χ1) is 9.58. The molecule has 2 aromatic carbocycles. The molecular formula is C17H19ClFN. The maximum atomic E-state index is 13.1. The molecule has 0 aliphatic carbocycles. The van der Waals surface area contributed by atoms with Crippen molar-refractivity contribution in [2.24, 2.45) is 11.7 Å². The highest BCUT2D eigenvalue weighted by atomic mass is 35.5. The van der Waals surface area contributed by atoms with Gasteiger partial charge in [-0.1, -0.05) is 29.8 Å². The zero-order valence-electron chi connectivity index (χ0n) is 11.6. The highest BCUT2D eigenvalue weighted by Crippen LogP contribution is 2.19. The molecule has 0 saturated heterocycles. The van der Waals surface area contributed by atoms with Gasteiger partial charge in [0.2, 0.25) is 0 Å². The molecule has 20 heavy (non-hydrogen) atoms. The topological polar surface area (TPSA) is 26.0 Å². The van der Waals surface area contributed by atoms with Crippen molar-refractivity contribution in [3.63, 3.8) is 0 Å². The minimum absolute atomic E-state index is 0.189. The summed E-state index contributed by atoms with van der Waals surface area (Å²) in [7, 11) is 0. The first kappa shape index (κ1) is 15.0. The van der Waals surface area contributed by atoms with Gasteiger partial charge >= 0.3 is 0 Å². The van der Waals surface area contributed by atoms with E-state index >= 15 is 0 Å². The van der Waals surface area contributed by atoms with Crippen LogP contribution < -0.4 is 5.73 Å². The average molecular weight is 292 g/mol. The van der Waals surface area contributed by atoms with Crippen LogP contribution >= 0.6 is 11.6 Å². The molecule has 1 atom stereocenters. The maximum Gasteiger partial charge on any atom is 0.123 e. The number of hydrogen-bond donors (Lipinski definition) is 1. The summed E-state index contributed by atoms with van der Waals surface area (Å²) in [4.78, 5) is 0. The quantitative estimate of drug-likeness (QED) is 0.880. The molecule has 0 fully saturated rings. The van der Waals surface area contributed by atoms with E-state index in [2.05, 4.69) is 6.07 Å². The summed E-state index contributed by atoms with van der Waals surface area (Å²) >= 11 is 6.00. The summed E-state index contributed by atoms with van der Waals surface area (Å²) in [6.45, 7) is 2.54. The van der Waals surface area contributed by atoms with E-state index in [9.17, 15) is 4.39 Å². The Bertz CT molecular complexity index is 583. The van der Waals surface area contributed by atoms with Gasteiger partial charge in [0, 0.05) is 5.02 Å². The molecule has 2 rings (SSSR count). The second kappa shape index (κ2) is 6.87. The Morgan fingerprint density at radius 3 is 2.60 bits per heavy atom. The number of aryl methyl sites for hydroxylation is 1. The minimum Gasteiger partial charge on any atom is -0.330 e. The van der Waals surface area contributed by atoms with Crippen LogP contribution in [0.25, 0.3) is 0 Å². The fourth-order valence-electron chi connectivity index (χ4n) is 2.44. The molecule has 0 heterocycles. The smallest absolute Gasteiger partial charge is 0.123 e. The van der Waals surface area contributed by atoms with Crippen molar-refractivity contribution in [2.45, 2.75) is 19.8 Å². The van der Waals surface area contributed by atoms with Gasteiger partial charge in [0.1, 0.15) is 5.82 Å². The van der Waals surface area contributed by atoms with Crippen LogP contribution in [0, 0.1) is 18.7 Å². The van der Waals surface area contributed by atoms with Crippen LogP contribution in [-0.2, 0) is 12.8 Å². The number of hydrogen-bond acceptors (Lipinski definition) is 1. The third-order valence-corrected chi connectivity index (χ3v) is 3.80. The van der Waals surface area contributed by atoms with Gasteiger partial charge in [-0.15, -0.1) is 0 Å². The van der Waals surface area contributed by atoms with Crippen LogP contribution in [0.2, 0.25) is 5.02 Å². The molecule has 0 saturated carbocycles. The number of nitrogens with two attached hydrogens (primary N) is 1. The van der Waals surface area contributed by atoms with E-state index in [1.807, 2.05) is 31.2 Å². The largest absolute Gasteiger partial charge is 0.330 e. The number of rotatable bonds is 5. The van der Waals surface area contributed by atoms with E-state index in [-0.39, 0.29) is 5.82 Å². The van der Waals surface area contributed by atoms with Gasteiger partial charge in [-0.3, -0.25) is 0 Å². The molecule has 0 amide bonds. The summed E-state index contributed by atoms with van der Waals surface area (Å²) in [5.41, 5.74) is 9.20. The highest BCUT2D eigenvalue weighted by molar-refractivity contribution is 6.30. The Balaban J connectivity index is 2.09. The lowest BCUT2D eigenvalue weighted by molar-refractivity contribution is 0.531. The fraction of sp³-hybridized carbons (Fsp3) is 0.294. The maximum absolute atomic E-state index is 13.1. The lowest BCUT2D eigenvalue weighted by Gasteiger charge is -2.16. The Kier molecular flexibility index (Phi) is 5.16. The minimum atomic E-state index is -0.189. The molecule has 3 heteroatoms. The molecule has 2 N–H and O–H groups in total. The molecule has 106 valence electrons. The van der Waals surface area contributed by atoms with Gasteiger partial charge < -0.3 is 5.73 Å². The summed E-state index contributed by atoms with van der Waals surface area (Å²) < 4.78 is 13.1. The molecular weight excluding hydrogens is 273 g/mol. The standard InChI is InChI=1S/C17H19ClFN/c1-12-7-17(19)6-5-15(12)9-14(11-20)8-13-3-2-4-16(18)10-13/h2-7,10,14H,8-9,11,20H2,1H3. The zero-order chi connectivity index (χ0) is 14.5. The van der Waals surface area contributed by atoms with Gasteiger partial charge in [0.15, 0.2) is 0 Å². The second-order valence-corrected chi connectivity index (χ2v) is 5.65. The molecule has 0 aliphatic rings. The molecule has 0 bridgehead atoms. The van der Waals surface area contributed by atoms with E-state index in [1.54, 1.807) is 6.07 Å². The predicted molar refractivity (Wildman–Crippen MR) is 82.5 cm³/mol. The Morgan fingerprint density at radius 2 is 1.95 bits per heavy atom. The van der Waals surface area contributed by atoms with Gasteiger partial charge in [-0.2, -0.15) is 0 Å². The normalized spacial score (nSPS) is 12.4. The second-order valence-electron chi connectivity index (χ2n) is 5.21. The molecule has 0 aromatic heterocycles. The molecule has 0 spiro atoms. The lowest BCUT2D eigenvalue weighted by Crippen LogP contribution is -2.19. The third kappa shape index (κ3) is 4.06. The molecule has 2 aromatic rings. The predicted octanol–water partition coefficient (Wildman–Crippen LogP) is 4.15. The van der Waals surface area contributed by atoms with Crippen molar-refractivity contribution >= 4 is 11.6 Å². The number of benzene rings is 2. The van der Waals surface area contributed by atoms with Crippen LogP contribution in [0.1, 0.15) is 16.7 Å². The van der Waals surface area contributed by atoms with Crippen LogP contribution in [0.15, 0.2) is 42.5 Å². The van der Waals surface area contributed by atoms with Gasteiger partial charge in [-0.05, 0) is 73.2 Å². The van der Waals surface area contributed by atoms with E-state index in [4.69, 9.17) is 17.3 Å². The van der Waals surface area contributed by atoms with Crippen LogP contribution in [-0.4, -0.2) is 6.54 Å². The number of halogens is 2. The van der Waals surface area contributed by atoms with Crippen molar-refractivity contribution < 1.29 is 4.39 Å². The van der Waals surface area contributed by atoms with Crippen LogP contribution in [0.4, 0.5) is 4.39 Å². The Hall–Kier alpha value is -1.38. The first-order valence-electron chi connectivity index (χ1n) is 6.78. The van der Waals surface area contributed by atoms with E-state index < -0.39 is 0 Å². The van der Waals surface area contributed by atoms with Crippen LogP contribution in [0.5, 0.6) is 0 Å². The van der Waals surface area contributed by atoms with Crippen molar-refractivity contribution in [1.82, 2.24) is 0 Å². The zero-order valence-corrected chi connectivity index (χ0v) is 12.3. The first-order valence-corrected chi connectivity index (χ1v) is 7.16. The van der Waals surface area contributed by atoms with Gasteiger partial charge in [0.05, 0.1) is 0 Å². The van der Waals surface area contributed by atoms with Gasteiger partial charge in [0.25, 0.3) is 0 Å². The molecule has 1 unspecified atom stereocenters. The summed E-state index contributed by atoms with van der Waals surface area (Å²) in [6, 6.07) is 12.8. The van der Waals surface area contributed by atoms with E-state index in [0.717, 1.165) is 29.0 Å². The van der Waals surface area contributed by atoms with Crippen molar-refractivity contribution in [3.8, 4) is 0 Å². The molecule has 0 radical (unpaired) electrons. The summed E-state index contributed by atoms with van der Waals surface area (Å²) in [5, 5.41) is 0.747. The molecule has 1 nitrogen and oxygen atoms in total. The summed E-state index contributed by atoms with van der Waals surface area (Å²) in [5.74, 6) is 0.142. The SMILES string of the molecule is Cc1cc(F)ccc1CC(CN)Cc1cccc(Cl)c1. The van der Waals surface area contributed by atoms with Gasteiger partial charge in [-0.25, -0.2) is 4.39 Å².